The molecule has 1 rings (SSSR count). The third-order valence-corrected chi connectivity index (χ3v) is 2.30. The van der Waals surface area contributed by atoms with E-state index in [1.165, 1.54) is 0 Å². The first-order valence-corrected chi connectivity index (χ1v) is 4.52. The van der Waals surface area contributed by atoms with Gasteiger partial charge in [0.25, 0.3) is 6.47 Å². The highest BCUT2D eigenvalue weighted by Gasteiger charge is 2.07. The fraction of sp³-hybridized carbons (Fsp3) is 0.364. The monoisotopic (exact) mass is 193 g/mol. The van der Waals surface area contributed by atoms with Gasteiger partial charge in [0.2, 0.25) is 0 Å². The number of carbonyl (C=O) groups is 1. The number of nitrogens with zero attached hydrogens (tertiary/aromatic N) is 1. The topological polar surface area (TPSA) is 29.5 Å². The second-order valence-electron chi connectivity index (χ2n) is 3.43. The van der Waals surface area contributed by atoms with Crippen LogP contribution in [0.1, 0.15) is 18.5 Å². The zero-order valence-corrected chi connectivity index (χ0v) is 8.73. The van der Waals surface area contributed by atoms with Crippen LogP contribution in [0.2, 0.25) is 0 Å². The summed E-state index contributed by atoms with van der Waals surface area (Å²) in [6.45, 7) is 2.54. The summed E-state index contributed by atoms with van der Waals surface area (Å²) >= 11 is 0. The molecule has 3 nitrogen and oxygen atoms in total. The fourth-order valence-corrected chi connectivity index (χ4v) is 1.20. The van der Waals surface area contributed by atoms with Crippen molar-refractivity contribution in [2.75, 3.05) is 14.1 Å². The molecule has 0 aliphatic carbocycles. The third-order valence-electron chi connectivity index (χ3n) is 2.30. The second kappa shape index (κ2) is 4.77. The molecule has 0 fully saturated rings. The van der Waals surface area contributed by atoms with Gasteiger partial charge in [0.1, 0.15) is 5.75 Å². The van der Waals surface area contributed by atoms with Crippen LogP contribution in [0.3, 0.4) is 0 Å². The SMILES string of the molecule is CC(c1cccc(OC=O)c1)N(C)C. The Morgan fingerprint density at radius 2 is 2.14 bits per heavy atom. The van der Waals surface area contributed by atoms with E-state index in [-0.39, 0.29) is 0 Å². The van der Waals surface area contributed by atoms with Crippen molar-refractivity contribution in [1.82, 2.24) is 4.90 Å². The van der Waals surface area contributed by atoms with Crippen LogP contribution in [-0.4, -0.2) is 25.5 Å². The van der Waals surface area contributed by atoms with Crippen LogP contribution in [0, 0.1) is 0 Å². The highest BCUT2D eigenvalue weighted by Crippen LogP contribution is 2.21. The molecular weight excluding hydrogens is 178 g/mol. The van der Waals surface area contributed by atoms with Crippen molar-refractivity contribution >= 4 is 6.47 Å². The van der Waals surface area contributed by atoms with Crippen molar-refractivity contribution in [2.45, 2.75) is 13.0 Å². The Kier molecular flexibility index (Phi) is 3.65. The van der Waals surface area contributed by atoms with Gasteiger partial charge in [0.05, 0.1) is 0 Å². The van der Waals surface area contributed by atoms with Crippen molar-refractivity contribution in [3.63, 3.8) is 0 Å². The summed E-state index contributed by atoms with van der Waals surface area (Å²) < 4.78 is 4.78. The maximum atomic E-state index is 10.2. The van der Waals surface area contributed by atoms with Gasteiger partial charge in [-0.2, -0.15) is 0 Å². The minimum absolute atomic E-state index is 0.310. The van der Waals surface area contributed by atoms with E-state index in [1.807, 2.05) is 32.3 Å². The third kappa shape index (κ3) is 2.57. The number of rotatable bonds is 4. The lowest BCUT2D eigenvalue weighted by molar-refractivity contribution is -0.120. The molecule has 14 heavy (non-hydrogen) atoms. The van der Waals surface area contributed by atoms with E-state index in [0.717, 1.165) is 5.56 Å². The number of carbonyl (C=O) groups excluding carboxylic acids is 1. The minimum Gasteiger partial charge on any atom is -0.429 e. The first kappa shape index (κ1) is 10.7. The van der Waals surface area contributed by atoms with Gasteiger partial charge in [-0.1, -0.05) is 12.1 Å². The maximum Gasteiger partial charge on any atom is 0.298 e. The van der Waals surface area contributed by atoms with Crippen LogP contribution in [0.15, 0.2) is 24.3 Å². The largest absolute Gasteiger partial charge is 0.429 e. The summed E-state index contributed by atoms with van der Waals surface area (Å²) in [7, 11) is 4.02. The van der Waals surface area contributed by atoms with Crippen LogP contribution in [0.5, 0.6) is 5.75 Å². The Labute approximate surface area is 84.3 Å². The lowest BCUT2D eigenvalue weighted by Gasteiger charge is -2.20. The molecule has 0 N–H and O–H groups in total. The number of hydrogen-bond acceptors (Lipinski definition) is 3. The maximum absolute atomic E-state index is 10.2. The lowest BCUT2D eigenvalue weighted by atomic mass is 10.1. The van der Waals surface area contributed by atoms with Gasteiger partial charge in [-0.25, -0.2) is 0 Å². The summed E-state index contributed by atoms with van der Waals surface area (Å²) in [5.41, 5.74) is 1.13. The van der Waals surface area contributed by atoms with Crippen LogP contribution in [0.25, 0.3) is 0 Å². The van der Waals surface area contributed by atoms with Crippen molar-refractivity contribution in [3.05, 3.63) is 29.8 Å². The van der Waals surface area contributed by atoms with E-state index >= 15 is 0 Å². The van der Waals surface area contributed by atoms with Gasteiger partial charge in [0.15, 0.2) is 0 Å². The van der Waals surface area contributed by atoms with Gasteiger partial charge in [-0.3, -0.25) is 4.79 Å². The van der Waals surface area contributed by atoms with E-state index in [1.54, 1.807) is 6.07 Å². The summed E-state index contributed by atoms with van der Waals surface area (Å²) in [4.78, 5) is 12.3. The molecule has 0 radical (unpaired) electrons. The summed E-state index contributed by atoms with van der Waals surface area (Å²) in [5.74, 6) is 0.589. The van der Waals surface area contributed by atoms with Crippen molar-refractivity contribution in [1.29, 1.82) is 0 Å². The number of ether oxygens (including phenoxy) is 1. The highest BCUT2D eigenvalue weighted by atomic mass is 16.5. The Bertz CT molecular complexity index is 310. The smallest absolute Gasteiger partial charge is 0.298 e. The van der Waals surface area contributed by atoms with Crippen molar-refractivity contribution in [2.24, 2.45) is 0 Å². The number of hydrogen-bond donors (Lipinski definition) is 0. The van der Waals surface area contributed by atoms with E-state index in [9.17, 15) is 4.79 Å². The van der Waals surface area contributed by atoms with Gasteiger partial charge in [-0.15, -0.1) is 0 Å². The molecule has 0 aromatic heterocycles. The molecule has 0 aliphatic rings. The molecule has 1 atom stereocenters. The molecule has 1 aromatic rings. The summed E-state index contributed by atoms with van der Waals surface area (Å²) in [6.07, 6.45) is 0. The Morgan fingerprint density at radius 3 is 2.71 bits per heavy atom. The summed E-state index contributed by atoms with van der Waals surface area (Å²) in [6, 6.07) is 7.85. The van der Waals surface area contributed by atoms with Crippen LogP contribution >= 0.6 is 0 Å². The Balaban J connectivity index is 2.87. The first-order chi connectivity index (χ1) is 6.65. The zero-order valence-electron chi connectivity index (χ0n) is 8.73. The molecule has 0 spiro atoms. The fourth-order valence-electron chi connectivity index (χ4n) is 1.20. The molecule has 0 saturated carbocycles. The first-order valence-electron chi connectivity index (χ1n) is 4.52. The Hall–Kier alpha value is -1.35. The number of benzene rings is 1. The molecule has 0 amide bonds. The zero-order chi connectivity index (χ0) is 10.6. The van der Waals surface area contributed by atoms with Gasteiger partial charge >= 0.3 is 0 Å². The molecule has 3 heteroatoms. The van der Waals surface area contributed by atoms with E-state index in [2.05, 4.69) is 11.8 Å². The standard InChI is InChI=1S/C11H15NO2/c1-9(12(2)3)10-5-4-6-11(7-10)14-8-13/h4-9H,1-3H3. The predicted octanol–water partition coefficient (Wildman–Crippen LogP) is 1.84. The van der Waals surface area contributed by atoms with E-state index in [0.29, 0.717) is 18.3 Å². The molecule has 0 saturated heterocycles. The van der Waals surface area contributed by atoms with Crippen LogP contribution < -0.4 is 4.74 Å². The molecule has 0 heterocycles. The molecule has 1 unspecified atom stereocenters. The van der Waals surface area contributed by atoms with Crippen LogP contribution in [0.4, 0.5) is 0 Å². The minimum atomic E-state index is 0.310. The normalized spacial score (nSPS) is 12.6. The van der Waals surface area contributed by atoms with Gasteiger partial charge < -0.3 is 9.64 Å². The quantitative estimate of drug-likeness (QED) is 0.683. The molecule has 0 bridgehead atoms. The average molecular weight is 193 g/mol. The predicted molar refractivity (Wildman–Crippen MR) is 55.2 cm³/mol. The van der Waals surface area contributed by atoms with Crippen molar-refractivity contribution < 1.29 is 9.53 Å². The van der Waals surface area contributed by atoms with Crippen LogP contribution in [-0.2, 0) is 4.79 Å². The molecular formula is C11H15NO2. The van der Waals surface area contributed by atoms with E-state index < -0.39 is 0 Å². The lowest BCUT2D eigenvalue weighted by Crippen LogP contribution is -2.16. The van der Waals surface area contributed by atoms with Gasteiger partial charge in [-0.05, 0) is 38.7 Å². The second-order valence-corrected chi connectivity index (χ2v) is 3.43. The van der Waals surface area contributed by atoms with E-state index in [4.69, 9.17) is 4.74 Å². The molecule has 1 aromatic carbocycles. The highest BCUT2D eigenvalue weighted by molar-refractivity contribution is 5.45. The van der Waals surface area contributed by atoms with Gasteiger partial charge in [0, 0.05) is 6.04 Å². The Morgan fingerprint density at radius 1 is 1.43 bits per heavy atom. The molecule has 0 aliphatic heterocycles. The average Bonchev–Trinajstić information content (AvgIpc) is 2.17. The molecule has 76 valence electrons. The van der Waals surface area contributed by atoms with Crippen molar-refractivity contribution in [3.8, 4) is 5.75 Å². The summed E-state index contributed by atoms with van der Waals surface area (Å²) in [5, 5.41) is 0.